The van der Waals surface area contributed by atoms with Gasteiger partial charge in [0.05, 0.1) is 0 Å². The van der Waals surface area contributed by atoms with Crippen molar-refractivity contribution in [1.82, 2.24) is 40.4 Å². The number of H-pyrrole nitrogens is 1. The molecule has 8 heteroatoms. The molecule has 8 nitrogen and oxygen atoms in total. The highest BCUT2D eigenvalue weighted by molar-refractivity contribution is 5.79. The summed E-state index contributed by atoms with van der Waals surface area (Å²) >= 11 is 0. The molecule has 0 spiro atoms. The molecule has 3 aromatic heterocycles. The van der Waals surface area contributed by atoms with Crippen molar-refractivity contribution in [3.63, 3.8) is 0 Å². The van der Waals surface area contributed by atoms with E-state index >= 15 is 0 Å². The Morgan fingerprint density at radius 1 is 0.968 bits per heavy atom. The molecule has 0 unspecified atom stereocenters. The molecular formula is C23H28N8. The Labute approximate surface area is 182 Å². The predicted octanol–water partition coefficient (Wildman–Crippen LogP) is 4.25. The first-order valence-corrected chi connectivity index (χ1v) is 11.0. The molecule has 0 saturated heterocycles. The standard InChI is InChI=1S/C23H28N8/c1-3-5-7-21-25-22(31(28-21)14-6-4-2)15-17-8-10-18(11-9-17)19-12-13-24-16-20(19)23-26-29-30-27-23/h8-13,16H,3-7,14-15H2,1-2H3,(H,26,27,29,30). The molecule has 160 valence electrons. The number of aromatic amines is 1. The third-order valence-electron chi connectivity index (χ3n) is 5.32. The summed E-state index contributed by atoms with van der Waals surface area (Å²) in [7, 11) is 0. The minimum Gasteiger partial charge on any atom is -0.264 e. The van der Waals surface area contributed by atoms with E-state index in [9.17, 15) is 0 Å². The van der Waals surface area contributed by atoms with Crippen LogP contribution in [0.3, 0.4) is 0 Å². The summed E-state index contributed by atoms with van der Waals surface area (Å²) in [5, 5.41) is 19.0. The van der Waals surface area contributed by atoms with Gasteiger partial charge in [-0.1, -0.05) is 51.0 Å². The van der Waals surface area contributed by atoms with Crippen LogP contribution in [0.5, 0.6) is 0 Å². The van der Waals surface area contributed by atoms with Gasteiger partial charge >= 0.3 is 0 Å². The number of nitrogens with one attached hydrogen (secondary N) is 1. The van der Waals surface area contributed by atoms with Gasteiger partial charge in [-0.15, -0.1) is 5.10 Å². The fraction of sp³-hybridized carbons (Fsp3) is 0.391. The summed E-state index contributed by atoms with van der Waals surface area (Å²) in [6, 6.07) is 10.5. The normalized spacial score (nSPS) is 11.2. The zero-order chi connectivity index (χ0) is 21.5. The van der Waals surface area contributed by atoms with E-state index in [1.54, 1.807) is 12.4 Å². The molecule has 0 atom stereocenters. The summed E-state index contributed by atoms with van der Waals surface area (Å²) in [5.74, 6) is 2.62. The second-order valence-electron chi connectivity index (χ2n) is 7.67. The van der Waals surface area contributed by atoms with Crippen molar-refractivity contribution < 1.29 is 0 Å². The van der Waals surface area contributed by atoms with Gasteiger partial charge in [0.1, 0.15) is 5.82 Å². The van der Waals surface area contributed by atoms with Crippen molar-refractivity contribution in [1.29, 1.82) is 0 Å². The van der Waals surface area contributed by atoms with Gasteiger partial charge in [0.2, 0.25) is 0 Å². The van der Waals surface area contributed by atoms with E-state index in [0.29, 0.717) is 5.82 Å². The Bertz CT molecular complexity index is 1080. The molecule has 0 radical (unpaired) electrons. The van der Waals surface area contributed by atoms with Crippen molar-refractivity contribution in [3.8, 4) is 22.5 Å². The van der Waals surface area contributed by atoms with Crippen LogP contribution in [0.1, 0.15) is 56.7 Å². The van der Waals surface area contributed by atoms with Gasteiger partial charge in [-0.05, 0) is 46.0 Å². The van der Waals surface area contributed by atoms with E-state index in [1.165, 1.54) is 5.56 Å². The maximum atomic E-state index is 4.84. The number of rotatable bonds is 10. The van der Waals surface area contributed by atoms with Crippen LogP contribution in [0.15, 0.2) is 42.7 Å². The number of unbranched alkanes of at least 4 members (excludes halogenated alkanes) is 2. The second kappa shape index (κ2) is 10.1. The quantitative estimate of drug-likeness (QED) is 0.415. The molecule has 1 N–H and O–H groups in total. The maximum absolute atomic E-state index is 4.84. The van der Waals surface area contributed by atoms with Gasteiger partial charge in [-0.25, -0.2) is 14.8 Å². The lowest BCUT2D eigenvalue weighted by Crippen LogP contribution is -2.06. The number of pyridine rings is 1. The number of aryl methyl sites for hydroxylation is 2. The molecule has 3 heterocycles. The van der Waals surface area contributed by atoms with Crippen molar-refractivity contribution in [2.24, 2.45) is 0 Å². The SMILES string of the molecule is CCCCc1nc(Cc2ccc(-c3ccncc3-c3nnn[nH]3)cc2)n(CCCC)n1. The summed E-state index contributed by atoms with van der Waals surface area (Å²) in [5.41, 5.74) is 4.22. The van der Waals surface area contributed by atoms with E-state index in [-0.39, 0.29) is 0 Å². The van der Waals surface area contributed by atoms with Crippen LogP contribution in [0.4, 0.5) is 0 Å². The number of hydrogen-bond donors (Lipinski definition) is 1. The summed E-state index contributed by atoms with van der Waals surface area (Å²) < 4.78 is 2.10. The Balaban J connectivity index is 1.55. The number of aromatic nitrogens is 8. The van der Waals surface area contributed by atoms with Crippen LogP contribution in [-0.2, 0) is 19.4 Å². The molecule has 0 fully saturated rings. The predicted molar refractivity (Wildman–Crippen MR) is 119 cm³/mol. The molecule has 4 rings (SSSR count). The topological polar surface area (TPSA) is 98.1 Å². The zero-order valence-corrected chi connectivity index (χ0v) is 18.1. The fourth-order valence-electron chi connectivity index (χ4n) is 3.58. The van der Waals surface area contributed by atoms with Gasteiger partial charge in [-0.3, -0.25) is 4.98 Å². The van der Waals surface area contributed by atoms with E-state index in [0.717, 1.165) is 73.4 Å². The van der Waals surface area contributed by atoms with Crippen LogP contribution < -0.4 is 0 Å². The van der Waals surface area contributed by atoms with Gasteiger partial charge in [0.15, 0.2) is 11.6 Å². The molecule has 4 aromatic rings. The van der Waals surface area contributed by atoms with Gasteiger partial charge in [0, 0.05) is 37.3 Å². The van der Waals surface area contributed by atoms with Crippen LogP contribution in [-0.4, -0.2) is 40.4 Å². The third-order valence-corrected chi connectivity index (χ3v) is 5.32. The van der Waals surface area contributed by atoms with Crippen LogP contribution in [0, 0.1) is 0 Å². The summed E-state index contributed by atoms with van der Waals surface area (Å²) in [6.07, 6.45) is 9.82. The van der Waals surface area contributed by atoms with E-state index in [4.69, 9.17) is 10.1 Å². The lowest BCUT2D eigenvalue weighted by atomic mass is 9.99. The zero-order valence-electron chi connectivity index (χ0n) is 18.1. The lowest BCUT2D eigenvalue weighted by molar-refractivity contribution is 0.544. The van der Waals surface area contributed by atoms with Crippen molar-refractivity contribution in [3.05, 3.63) is 59.9 Å². The third kappa shape index (κ3) is 5.02. The van der Waals surface area contributed by atoms with Gasteiger partial charge < -0.3 is 0 Å². The molecule has 0 bridgehead atoms. The fourth-order valence-corrected chi connectivity index (χ4v) is 3.58. The maximum Gasteiger partial charge on any atom is 0.181 e. The molecule has 0 aliphatic carbocycles. The molecule has 1 aromatic carbocycles. The summed E-state index contributed by atoms with van der Waals surface area (Å²) in [4.78, 5) is 9.07. The summed E-state index contributed by atoms with van der Waals surface area (Å²) in [6.45, 7) is 5.33. The Hall–Kier alpha value is -3.42. The van der Waals surface area contributed by atoms with E-state index in [1.807, 2.05) is 6.07 Å². The van der Waals surface area contributed by atoms with Gasteiger partial charge in [0.25, 0.3) is 0 Å². The van der Waals surface area contributed by atoms with Crippen LogP contribution >= 0.6 is 0 Å². The van der Waals surface area contributed by atoms with Crippen molar-refractivity contribution >= 4 is 0 Å². The highest BCUT2D eigenvalue weighted by Crippen LogP contribution is 2.29. The number of hydrogen-bond acceptors (Lipinski definition) is 6. The van der Waals surface area contributed by atoms with Crippen molar-refractivity contribution in [2.75, 3.05) is 0 Å². The Morgan fingerprint density at radius 3 is 2.55 bits per heavy atom. The lowest BCUT2D eigenvalue weighted by Gasteiger charge is -2.08. The smallest absolute Gasteiger partial charge is 0.181 e. The van der Waals surface area contributed by atoms with Crippen molar-refractivity contribution in [2.45, 2.75) is 58.9 Å². The Morgan fingerprint density at radius 2 is 1.81 bits per heavy atom. The first-order valence-electron chi connectivity index (χ1n) is 11.0. The highest BCUT2D eigenvalue weighted by atomic mass is 15.5. The molecule has 0 amide bonds. The monoisotopic (exact) mass is 416 g/mol. The number of nitrogens with zero attached hydrogens (tertiary/aromatic N) is 7. The average Bonchev–Trinajstić information content (AvgIpc) is 3.47. The second-order valence-corrected chi connectivity index (χ2v) is 7.67. The van der Waals surface area contributed by atoms with Crippen LogP contribution in [0.25, 0.3) is 22.5 Å². The molecule has 31 heavy (non-hydrogen) atoms. The molecule has 0 aliphatic heterocycles. The minimum atomic E-state index is 0.607. The molecule has 0 saturated carbocycles. The first kappa shape index (κ1) is 20.8. The minimum absolute atomic E-state index is 0.607. The number of tetrazole rings is 1. The average molecular weight is 417 g/mol. The van der Waals surface area contributed by atoms with E-state index < -0.39 is 0 Å². The largest absolute Gasteiger partial charge is 0.264 e. The highest BCUT2D eigenvalue weighted by Gasteiger charge is 2.13. The number of benzene rings is 1. The Kier molecular flexibility index (Phi) is 6.76. The van der Waals surface area contributed by atoms with Crippen LogP contribution in [0.2, 0.25) is 0 Å². The van der Waals surface area contributed by atoms with Gasteiger partial charge in [-0.2, -0.15) is 5.10 Å². The molecular weight excluding hydrogens is 388 g/mol. The van der Waals surface area contributed by atoms with E-state index in [2.05, 4.69) is 68.4 Å². The first-order chi connectivity index (χ1) is 15.3. The molecule has 0 aliphatic rings.